The van der Waals surface area contributed by atoms with Gasteiger partial charge in [0.05, 0.1) is 0 Å². The molecule has 1 unspecified atom stereocenters. The van der Waals surface area contributed by atoms with Gasteiger partial charge in [-0.2, -0.15) is 0 Å². The summed E-state index contributed by atoms with van der Waals surface area (Å²) >= 11 is 0. The van der Waals surface area contributed by atoms with Gasteiger partial charge in [0, 0.05) is 18.3 Å². The molecule has 20 heavy (non-hydrogen) atoms. The minimum Gasteiger partial charge on any atom is -0.399 e. The predicted molar refractivity (Wildman–Crippen MR) is 79.8 cm³/mol. The zero-order valence-corrected chi connectivity index (χ0v) is 11.4. The molecule has 1 atom stereocenters. The summed E-state index contributed by atoms with van der Waals surface area (Å²) in [5, 5.41) is 3.56. The molecule has 1 aliphatic rings. The largest absolute Gasteiger partial charge is 0.399 e. The number of benzene rings is 2. The smallest absolute Gasteiger partial charge is 0.123 e. The summed E-state index contributed by atoms with van der Waals surface area (Å²) in [6.07, 6.45) is 3.44. The third-order valence-electron chi connectivity index (χ3n) is 3.95. The molecule has 0 heterocycles. The summed E-state index contributed by atoms with van der Waals surface area (Å²) in [7, 11) is 0. The van der Waals surface area contributed by atoms with Gasteiger partial charge in [-0.1, -0.05) is 18.2 Å². The Balaban J connectivity index is 1.73. The molecular weight excluding hydrogens is 251 g/mol. The molecule has 2 aromatic carbocycles. The second-order valence-electron chi connectivity index (χ2n) is 5.41. The topological polar surface area (TPSA) is 38.0 Å². The van der Waals surface area contributed by atoms with Crippen LogP contribution in [0.25, 0.3) is 0 Å². The lowest BCUT2D eigenvalue weighted by Gasteiger charge is -2.27. The van der Waals surface area contributed by atoms with Gasteiger partial charge >= 0.3 is 0 Å². The fourth-order valence-corrected chi connectivity index (χ4v) is 2.87. The van der Waals surface area contributed by atoms with E-state index < -0.39 is 0 Å². The highest BCUT2D eigenvalue weighted by Crippen LogP contribution is 2.31. The van der Waals surface area contributed by atoms with E-state index in [0.29, 0.717) is 6.04 Å². The van der Waals surface area contributed by atoms with E-state index >= 15 is 0 Å². The van der Waals surface area contributed by atoms with Gasteiger partial charge in [0.2, 0.25) is 0 Å². The van der Waals surface area contributed by atoms with E-state index in [4.69, 9.17) is 5.73 Å². The van der Waals surface area contributed by atoms with Crippen molar-refractivity contribution >= 4 is 5.69 Å². The normalized spacial score (nSPS) is 17.8. The number of nitrogens with two attached hydrogens (primary N) is 1. The van der Waals surface area contributed by atoms with E-state index in [1.165, 1.54) is 29.7 Å². The number of nitrogens with one attached hydrogen (secondary N) is 1. The van der Waals surface area contributed by atoms with Crippen LogP contribution in [-0.2, 0) is 13.0 Å². The Labute approximate surface area is 118 Å². The first-order chi connectivity index (χ1) is 9.72. The van der Waals surface area contributed by atoms with Crippen molar-refractivity contribution in [2.24, 2.45) is 0 Å². The maximum Gasteiger partial charge on any atom is 0.123 e. The SMILES string of the molecule is Nc1ccc2c(c1)C(NCc1ccc(F)cc1)CCC2. The van der Waals surface area contributed by atoms with Gasteiger partial charge < -0.3 is 11.1 Å². The predicted octanol–water partition coefficient (Wildman–Crippen LogP) is 3.58. The maximum absolute atomic E-state index is 12.9. The lowest BCUT2D eigenvalue weighted by atomic mass is 9.87. The average molecular weight is 270 g/mol. The van der Waals surface area contributed by atoms with Crippen LogP contribution in [-0.4, -0.2) is 0 Å². The number of fused-ring (bicyclic) bond motifs is 1. The number of halogens is 1. The number of anilines is 1. The number of hydrogen-bond donors (Lipinski definition) is 2. The van der Waals surface area contributed by atoms with Gasteiger partial charge in [0.1, 0.15) is 5.82 Å². The van der Waals surface area contributed by atoms with Crippen molar-refractivity contribution in [3.05, 3.63) is 65.0 Å². The molecule has 0 saturated carbocycles. The van der Waals surface area contributed by atoms with Crippen molar-refractivity contribution in [3.8, 4) is 0 Å². The van der Waals surface area contributed by atoms with Gasteiger partial charge in [0.15, 0.2) is 0 Å². The standard InChI is InChI=1S/C17H19FN2/c18-14-7-4-12(5-8-14)11-20-17-3-1-2-13-6-9-15(19)10-16(13)17/h4-10,17,20H,1-3,11,19H2. The Kier molecular flexibility index (Phi) is 3.70. The molecule has 1 aliphatic carbocycles. The highest BCUT2D eigenvalue weighted by Gasteiger charge is 2.19. The summed E-state index contributed by atoms with van der Waals surface area (Å²) in [5.41, 5.74) is 10.5. The second kappa shape index (κ2) is 5.63. The van der Waals surface area contributed by atoms with E-state index in [0.717, 1.165) is 30.6 Å². The number of aryl methyl sites for hydroxylation is 1. The molecule has 3 rings (SSSR count). The first-order valence-corrected chi connectivity index (χ1v) is 7.08. The summed E-state index contributed by atoms with van der Waals surface area (Å²) in [5.74, 6) is -0.190. The van der Waals surface area contributed by atoms with Crippen LogP contribution in [0, 0.1) is 5.82 Å². The molecule has 0 amide bonds. The van der Waals surface area contributed by atoms with Gasteiger partial charge in [0.25, 0.3) is 0 Å². The minimum atomic E-state index is -0.190. The van der Waals surface area contributed by atoms with Crippen molar-refractivity contribution in [2.75, 3.05) is 5.73 Å². The summed E-state index contributed by atoms with van der Waals surface area (Å²) in [6.45, 7) is 0.749. The quantitative estimate of drug-likeness (QED) is 0.837. The van der Waals surface area contributed by atoms with Crippen molar-refractivity contribution in [2.45, 2.75) is 31.8 Å². The molecule has 2 aromatic rings. The lowest BCUT2D eigenvalue weighted by molar-refractivity contribution is 0.459. The molecule has 0 aromatic heterocycles. The van der Waals surface area contributed by atoms with Gasteiger partial charge in [-0.25, -0.2) is 4.39 Å². The Morgan fingerprint density at radius 2 is 1.95 bits per heavy atom. The summed E-state index contributed by atoms with van der Waals surface area (Å²) in [6, 6.07) is 13.2. The zero-order valence-electron chi connectivity index (χ0n) is 11.4. The maximum atomic E-state index is 12.9. The first kappa shape index (κ1) is 13.1. The third kappa shape index (κ3) is 2.83. The van der Waals surface area contributed by atoms with E-state index in [1.807, 2.05) is 18.2 Å². The fraction of sp³-hybridized carbons (Fsp3) is 0.294. The van der Waals surface area contributed by atoms with Gasteiger partial charge in [-0.05, 0) is 60.2 Å². The Bertz CT molecular complexity index is 592. The number of hydrogen-bond acceptors (Lipinski definition) is 2. The van der Waals surface area contributed by atoms with Crippen molar-refractivity contribution in [3.63, 3.8) is 0 Å². The van der Waals surface area contributed by atoms with Crippen LogP contribution in [0.4, 0.5) is 10.1 Å². The third-order valence-corrected chi connectivity index (χ3v) is 3.95. The minimum absolute atomic E-state index is 0.190. The van der Waals surface area contributed by atoms with Crippen LogP contribution < -0.4 is 11.1 Å². The lowest BCUT2D eigenvalue weighted by Crippen LogP contribution is -2.25. The molecular formula is C17H19FN2. The summed E-state index contributed by atoms with van der Waals surface area (Å²) < 4.78 is 12.9. The number of rotatable bonds is 3. The fourth-order valence-electron chi connectivity index (χ4n) is 2.87. The molecule has 0 fully saturated rings. The van der Waals surface area contributed by atoms with Crippen LogP contribution in [0.1, 0.15) is 35.6 Å². The molecule has 0 saturated heterocycles. The zero-order chi connectivity index (χ0) is 13.9. The molecule has 0 aliphatic heterocycles. The molecule has 2 nitrogen and oxygen atoms in total. The summed E-state index contributed by atoms with van der Waals surface area (Å²) in [4.78, 5) is 0. The van der Waals surface area contributed by atoms with Crippen LogP contribution >= 0.6 is 0 Å². The average Bonchev–Trinajstić information content (AvgIpc) is 2.47. The highest BCUT2D eigenvalue weighted by molar-refractivity contribution is 5.47. The first-order valence-electron chi connectivity index (χ1n) is 7.08. The van der Waals surface area contributed by atoms with E-state index in [1.54, 1.807) is 0 Å². The highest BCUT2D eigenvalue weighted by atomic mass is 19.1. The molecule has 3 N–H and O–H groups in total. The second-order valence-corrected chi connectivity index (χ2v) is 5.41. The van der Waals surface area contributed by atoms with E-state index in [9.17, 15) is 4.39 Å². The molecule has 0 spiro atoms. The van der Waals surface area contributed by atoms with Crippen molar-refractivity contribution in [1.29, 1.82) is 0 Å². The van der Waals surface area contributed by atoms with Crippen molar-refractivity contribution in [1.82, 2.24) is 5.32 Å². The van der Waals surface area contributed by atoms with E-state index in [2.05, 4.69) is 17.4 Å². The van der Waals surface area contributed by atoms with E-state index in [-0.39, 0.29) is 5.82 Å². The molecule has 0 radical (unpaired) electrons. The Morgan fingerprint density at radius 3 is 2.75 bits per heavy atom. The molecule has 3 heteroatoms. The van der Waals surface area contributed by atoms with Crippen LogP contribution in [0.2, 0.25) is 0 Å². The van der Waals surface area contributed by atoms with Crippen LogP contribution in [0.5, 0.6) is 0 Å². The molecule has 104 valence electrons. The Morgan fingerprint density at radius 1 is 1.15 bits per heavy atom. The van der Waals surface area contributed by atoms with Gasteiger partial charge in [-0.3, -0.25) is 0 Å². The van der Waals surface area contributed by atoms with Gasteiger partial charge in [-0.15, -0.1) is 0 Å². The Hall–Kier alpha value is -1.87. The van der Waals surface area contributed by atoms with Crippen LogP contribution in [0.3, 0.4) is 0 Å². The van der Waals surface area contributed by atoms with Crippen molar-refractivity contribution < 1.29 is 4.39 Å². The monoisotopic (exact) mass is 270 g/mol. The van der Waals surface area contributed by atoms with Crippen LogP contribution in [0.15, 0.2) is 42.5 Å². The number of nitrogen functional groups attached to an aromatic ring is 1. The molecule has 0 bridgehead atoms.